The molecule has 0 unspecified atom stereocenters. The number of sulfonamides is 1. The van der Waals surface area contributed by atoms with Gasteiger partial charge in [0.15, 0.2) is 4.67 Å². The zero-order valence-electron chi connectivity index (χ0n) is 10.6. The summed E-state index contributed by atoms with van der Waals surface area (Å²) in [5, 5.41) is 8.93. The maximum Gasteiger partial charge on any atom is 0.247 e. The first-order valence-electron chi connectivity index (χ1n) is 5.29. The summed E-state index contributed by atoms with van der Waals surface area (Å²) in [5.41, 5.74) is 0. The molecule has 0 bridgehead atoms. The minimum absolute atomic E-state index is 0.0350. The molecule has 0 saturated heterocycles. The van der Waals surface area contributed by atoms with Gasteiger partial charge in [0, 0.05) is 26.2 Å². The Morgan fingerprint density at radius 3 is 2.39 bits per heavy atom. The number of halogens is 1. The fourth-order valence-electron chi connectivity index (χ4n) is 1.28. The molecule has 0 aliphatic rings. The summed E-state index contributed by atoms with van der Waals surface area (Å²) >= 11 is 3.05. The molecule has 0 spiro atoms. The normalized spacial score (nSPS) is 12.6. The summed E-state index contributed by atoms with van der Waals surface area (Å²) in [4.78, 5) is 1.93. The molecule has 0 atom stereocenters. The van der Waals surface area contributed by atoms with Crippen molar-refractivity contribution < 1.29 is 17.9 Å². The van der Waals surface area contributed by atoms with Crippen molar-refractivity contribution in [1.29, 1.82) is 0 Å². The van der Waals surface area contributed by atoms with E-state index in [1.807, 2.05) is 19.0 Å². The average molecular weight is 341 g/mol. The Hall–Kier alpha value is -0.410. The Labute approximate surface area is 115 Å². The topological polar surface area (TPSA) is 74.0 Å². The van der Waals surface area contributed by atoms with Crippen LogP contribution in [0.15, 0.2) is 20.0 Å². The van der Waals surface area contributed by atoms with Crippen molar-refractivity contribution in [3.63, 3.8) is 0 Å². The molecule has 0 aliphatic carbocycles. The number of rotatable bonds is 6. The zero-order valence-corrected chi connectivity index (χ0v) is 13.0. The van der Waals surface area contributed by atoms with Crippen molar-refractivity contribution in [2.24, 2.45) is 0 Å². The minimum atomic E-state index is -3.60. The molecule has 8 heteroatoms. The minimum Gasteiger partial charge on any atom is -0.450 e. The molecule has 6 nitrogen and oxygen atoms in total. The first-order chi connectivity index (χ1) is 8.28. The van der Waals surface area contributed by atoms with Crippen molar-refractivity contribution >= 4 is 26.0 Å². The van der Waals surface area contributed by atoms with Crippen LogP contribution in [-0.4, -0.2) is 57.0 Å². The van der Waals surface area contributed by atoms with Crippen LogP contribution in [0.25, 0.3) is 0 Å². The molecule has 1 N–H and O–H groups in total. The van der Waals surface area contributed by atoms with Gasteiger partial charge in [-0.25, -0.2) is 8.42 Å². The SMILES string of the molecule is CN(C)CCN(C)S(=O)(=O)c1cc(CO)oc1Br. The lowest BCUT2D eigenvalue weighted by Crippen LogP contribution is -2.33. The third-order valence-corrected chi connectivity index (χ3v) is 5.13. The molecular weight excluding hydrogens is 324 g/mol. The molecule has 0 saturated carbocycles. The summed E-state index contributed by atoms with van der Waals surface area (Å²) in [6.07, 6.45) is 0. The fraction of sp³-hybridized carbons (Fsp3) is 0.600. The van der Waals surface area contributed by atoms with Crippen LogP contribution >= 0.6 is 15.9 Å². The van der Waals surface area contributed by atoms with Gasteiger partial charge in [-0.15, -0.1) is 0 Å². The monoisotopic (exact) mass is 340 g/mol. The largest absolute Gasteiger partial charge is 0.450 e. The van der Waals surface area contributed by atoms with Crippen LogP contribution in [0.5, 0.6) is 0 Å². The van der Waals surface area contributed by atoms with Gasteiger partial charge in [0.05, 0.1) is 0 Å². The summed E-state index contributed by atoms with van der Waals surface area (Å²) in [6, 6.07) is 1.32. The lowest BCUT2D eigenvalue weighted by molar-refractivity contribution is 0.245. The molecule has 0 radical (unpaired) electrons. The molecule has 0 aliphatic heterocycles. The number of hydrogen-bond donors (Lipinski definition) is 1. The zero-order chi connectivity index (χ0) is 13.9. The molecule has 1 heterocycles. The summed E-state index contributed by atoms with van der Waals surface area (Å²) in [5.74, 6) is 0.210. The van der Waals surface area contributed by atoms with Crippen molar-refractivity contribution in [3.8, 4) is 0 Å². The van der Waals surface area contributed by atoms with Gasteiger partial charge in [-0.2, -0.15) is 4.31 Å². The molecule has 18 heavy (non-hydrogen) atoms. The first-order valence-corrected chi connectivity index (χ1v) is 7.52. The molecule has 1 aromatic heterocycles. The third-order valence-electron chi connectivity index (χ3n) is 2.41. The molecule has 1 rings (SSSR count). The highest BCUT2D eigenvalue weighted by atomic mass is 79.9. The summed E-state index contributed by atoms with van der Waals surface area (Å²) in [7, 11) is 1.66. The lowest BCUT2D eigenvalue weighted by atomic mass is 10.5. The fourth-order valence-corrected chi connectivity index (χ4v) is 3.40. The van der Waals surface area contributed by atoms with E-state index in [0.29, 0.717) is 13.1 Å². The van der Waals surface area contributed by atoms with Crippen molar-refractivity contribution in [2.75, 3.05) is 34.2 Å². The molecule has 104 valence electrons. The van der Waals surface area contributed by atoms with Crippen LogP contribution in [0.2, 0.25) is 0 Å². The van der Waals surface area contributed by atoms with E-state index >= 15 is 0 Å². The third kappa shape index (κ3) is 3.55. The van der Waals surface area contributed by atoms with Crippen LogP contribution < -0.4 is 0 Å². The summed E-state index contributed by atoms with van der Waals surface area (Å²) in [6.45, 7) is 0.662. The van der Waals surface area contributed by atoms with Crippen LogP contribution in [0.3, 0.4) is 0 Å². The Kier molecular flexibility index (Phi) is 5.35. The molecule has 0 fully saturated rings. The van der Waals surface area contributed by atoms with E-state index in [-0.39, 0.29) is 21.9 Å². The maximum atomic E-state index is 12.2. The predicted octanol–water partition coefficient (Wildman–Crippen LogP) is 0.716. The summed E-state index contributed by atoms with van der Waals surface area (Å²) < 4.78 is 30.9. The van der Waals surface area contributed by atoms with Gasteiger partial charge in [0.1, 0.15) is 17.3 Å². The van der Waals surface area contributed by atoms with E-state index in [1.165, 1.54) is 17.4 Å². The number of furan rings is 1. The Balaban J connectivity index is 2.94. The molecule has 0 aromatic carbocycles. The number of likely N-dealkylation sites (N-methyl/N-ethyl adjacent to an activating group) is 2. The van der Waals surface area contributed by atoms with E-state index in [4.69, 9.17) is 9.52 Å². The maximum absolute atomic E-state index is 12.2. The van der Waals surface area contributed by atoms with Crippen molar-refractivity contribution in [1.82, 2.24) is 9.21 Å². The quantitative estimate of drug-likeness (QED) is 0.825. The second-order valence-corrected chi connectivity index (χ2v) is 6.87. The van der Waals surface area contributed by atoms with Gasteiger partial charge in [-0.05, 0) is 30.0 Å². The Morgan fingerprint density at radius 2 is 1.94 bits per heavy atom. The van der Waals surface area contributed by atoms with Gasteiger partial charge in [0.25, 0.3) is 0 Å². The Bertz CT molecular complexity index is 498. The number of aliphatic hydroxyl groups is 1. The molecule has 0 amide bonds. The second-order valence-electron chi connectivity index (χ2n) is 4.14. The van der Waals surface area contributed by atoms with Crippen LogP contribution in [-0.2, 0) is 16.6 Å². The van der Waals surface area contributed by atoms with E-state index < -0.39 is 10.0 Å². The van der Waals surface area contributed by atoms with Crippen molar-refractivity contribution in [2.45, 2.75) is 11.5 Å². The van der Waals surface area contributed by atoms with E-state index in [2.05, 4.69) is 15.9 Å². The van der Waals surface area contributed by atoms with Gasteiger partial charge < -0.3 is 14.4 Å². The van der Waals surface area contributed by atoms with Crippen molar-refractivity contribution in [3.05, 3.63) is 16.5 Å². The number of hydrogen-bond acceptors (Lipinski definition) is 5. The lowest BCUT2D eigenvalue weighted by Gasteiger charge is -2.18. The van der Waals surface area contributed by atoms with Crippen LogP contribution in [0, 0.1) is 0 Å². The second kappa shape index (κ2) is 6.16. The van der Waals surface area contributed by atoms with Crippen LogP contribution in [0.4, 0.5) is 0 Å². The van der Waals surface area contributed by atoms with E-state index in [9.17, 15) is 8.42 Å². The molecule has 1 aromatic rings. The van der Waals surface area contributed by atoms with Gasteiger partial charge in [-0.1, -0.05) is 0 Å². The highest BCUT2D eigenvalue weighted by molar-refractivity contribution is 9.10. The van der Waals surface area contributed by atoms with Gasteiger partial charge >= 0.3 is 0 Å². The predicted molar refractivity (Wildman–Crippen MR) is 70.7 cm³/mol. The van der Waals surface area contributed by atoms with Gasteiger partial charge in [-0.3, -0.25) is 0 Å². The van der Waals surface area contributed by atoms with Gasteiger partial charge in [0.2, 0.25) is 10.0 Å². The standard InChI is InChI=1S/C10H17BrN2O4S/c1-12(2)4-5-13(3)18(15,16)9-6-8(7-14)17-10(9)11/h6,14H,4-5,7H2,1-3H3. The van der Waals surface area contributed by atoms with Crippen LogP contribution in [0.1, 0.15) is 5.76 Å². The number of nitrogens with zero attached hydrogens (tertiary/aromatic N) is 2. The van der Waals surface area contributed by atoms with E-state index in [0.717, 1.165) is 0 Å². The average Bonchev–Trinajstić information content (AvgIpc) is 2.67. The first kappa shape index (κ1) is 15.6. The Morgan fingerprint density at radius 1 is 1.33 bits per heavy atom. The molecular formula is C10H17BrN2O4S. The number of aliphatic hydroxyl groups excluding tert-OH is 1. The highest BCUT2D eigenvalue weighted by Gasteiger charge is 2.26. The smallest absolute Gasteiger partial charge is 0.247 e. The highest BCUT2D eigenvalue weighted by Crippen LogP contribution is 2.28. The van der Waals surface area contributed by atoms with E-state index in [1.54, 1.807) is 0 Å².